The van der Waals surface area contributed by atoms with Gasteiger partial charge in [0, 0.05) is 11.3 Å². The molecule has 0 heterocycles. The zero-order valence-corrected chi connectivity index (χ0v) is 11.5. The molecule has 1 saturated carbocycles. The van der Waals surface area contributed by atoms with Crippen LogP contribution in [0, 0.1) is 0 Å². The highest BCUT2D eigenvalue weighted by Crippen LogP contribution is 2.37. The molecule has 0 radical (unpaired) electrons. The predicted octanol–water partition coefficient (Wildman–Crippen LogP) is 1.91. The molecule has 94 valence electrons. The molecule has 0 spiro atoms. The molecule has 0 unspecified atom stereocenters. The van der Waals surface area contributed by atoms with E-state index in [1.807, 2.05) is 11.8 Å². The third-order valence-corrected chi connectivity index (χ3v) is 4.77. The number of carbonyl (C=O) groups excluding carboxylic acids is 1. The minimum atomic E-state index is -0.770. The fourth-order valence-corrected chi connectivity index (χ4v) is 3.03. The number of nitrogens with one attached hydrogen (secondary N) is 1. The molecule has 3 nitrogen and oxygen atoms in total. The fraction of sp³-hybridized carbons (Fsp3) is 0.917. The highest BCUT2D eigenvalue weighted by atomic mass is 32.2. The normalized spacial score (nSPS) is 20.5. The number of rotatable bonds is 4. The second kappa shape index (κ2) is 5.41. The smallest absolute Gasteiger partial charge is 0.239 e. The van der Waals surface area contributed by atoms with Crippen LogP contribution in [-0.2, 0) is 4.79 Å². The lowest BCUT2D eigenvalue weighted by Crippen LogP contribution is -2.52. The molecule has 1 aliphatic carbocycles. The summed E-state index contributed by atoms with van der Waals surface area (Å²) in [5.74, 6) is -0.0495. The second-order valence-corrected chi connectivity index (χ2v) is 6.63. The van der Waals surface area contributed by atoms with Gasteiger partial charge in [-0.3, -0.25) is 4.79 Å². The Bertz CT molecular complexity index is 242. The fourth-order valence-electron chi connectivity index (χ4n) is 2.12. The summed E-state index contributed by atoms with van der Waals surface area (Å²) in [6, 6.07) is 0. The van der Waals surface area contributed by atoms with E-state index in [-0.39, 0.29) is 10.7 Å². The predicted molar refractivity (Wildman–Crippen MR) is 70.6 cm³/mol. The Balaban J connectivity index is 2.48. The first-order valence-electron chi connectivity index (χ1n) is 6.02. The first-order chi connectivity index (χ1) is 7.40. The van der Waals surface area contributed by atoms with Gasteiger partial charge in [-0.2, -0.15) is 11.8 Å². The first kappa shape index (κ1) is 13.8. The van der Waals surface area contributed by atoms with Crippen molar-refractivity contribution < 1.29 is 4.79 Å². The van der Waals surface area contributed by atoms with E-state index in [0.717, 1.165) is 6.54 Å². The molecule has 16 heavy (non-hydrogen) atoms. The number of carbonyl (C=O) groups is 1. The minimum Gasteiger partial charge on any atom is -0.353 e. The molecule has 1 amide bonds. The van der Waals surface area contributed by atoms with Gasteiger partial charge in [-0.1, -0.05) is 19.3 Å². The summed E-state index contributed by atoms with van der Waals surface area (Å²) in [6.07, 6.45) is 8.45. The van der Waals surface area contributed by atoms with Crippen molar-refractivity contribution >= 4 is 17.7 Å². The quantitative estimate of drug-likeness (QED) is 0.794. The summed E-state index contributed by atoms with van der Waals surface area (Å²) in [5, 5.41) is 3.00. The number of amides is 1. The van der Waals surface area contributed by atoms with E-state index >= 15 is 0 Å². The van der Waals surface area contributed by atoms with Crippen molar-refractivity contribution in [2.24, 2.45) is 5.73 Å². The number of hydrogen-bond acceptors (Lipinski definition) is 3. The summed E-state index contributed by atoms with van der Waals surface area (Å²) in [4.78, 5) is 11.7. The van der Waals surface area contributed by atoms with Crippen LogP contribution in [-0.4, -0.2) is 29.0 Å². The van der Waals surface area contributed by atoms with E-state index < -0.39 is 5.54 Å². The maximum Gasteiger partial charge on any atom is 0.239 e. The molecule has 0 aromatic rings. The molecular formula is C12H24N2OS. The molecule has 1 rings (SSSR count). The van der Waals surface area contributed by atoms with E-state index in [0.29, 0.717) is 0 Å². The maximum absolute atomic E-state index is 11.7. The summed E-state index contributed by atoms with van der Waals surface area (Å²) < 4.78 is 0.249. The van der Waals surface area contributed by atoms with Crippen molar-refractivity contribution in [2.75, 3.05) is 12.8 Å². The van der Waals surface area contributed by atoms with Gasteiger partial charge in [0.25, 0.3) is 0 Å². The molecular weight excluding hydrogens is 220 g/mol. The number of hydrogen-bond donors (Lipinski definition) is 2. The zero-order valence-electron chi connectivity index (χ0n) is 10.6. The average molecular weight is 244 g/mol. The summed E-state index contributed by atoms with van der Waals surface area (Å²) in [7, 11) is 0. The van der Waals surface area contributed by atoms with Crippen LogP contribution in [0.5, 0.6) is 0 Å². The summed E-state index contributed by atoms with van der Waals surface area (Å²) in [6.45, 7) is 4.25. The van der Waals surface area contributed by atoms with Gasteiger partial charge >= 0.3 is 0 Å². The molecule has 0 aliphatic heterocycles. The van der Waals surface area contributed by atoms with Crippen LogP contribution < -0.4 is 11.1 Å². The van der Waals surface area contributed by atoms with Crippen molar-refractivity contribution in [3.63, 3.8) is 0 Å². The van der Waals surface area contributed by atoms with Gasteiger partial charge in [-0.05, 0) is 32.9 Å². The standard InChI is InChI=1S/C12H24N2OS/c1-11(2,13)10(15)14-9-12(16-3)7-5-4-6-8-12/h4-9,13H2,1-3H3,(H,14,15). The van der Waals surface area contributed by atoms with Crippen LogP contribution in [0.15, 0.2) is 0 Å². The summed E-state index contributed by atoms with van der Waals surface area (Å²) in [5.41, 5.74) is 4.99. The minimum absolute atomic E-state index is 0.0495. The monoisotopic (exact) mass is 244 g/mol. The van der Waals surface area contributed by atoms with Gasteiger partial charge in [0.1, 0.15) is 0 Å². The molecule has 3 N–H and O–H groups in total. The molecule has 0 atom stereocenters. The second-order valence-electron chi connectivity index (χ2n) is 5.35. The third kappa shape index (κ3) is 3.67. The van der Waals surface area contributed by atoms with Crippen molar-refractivity contribution in [1.82, 2.24) is 5.32 Å². The van der Waals surface area contributed by atoms with E-state index in [4.69, 9.17) is 5.73 Å². The van der Waals surface area contributed by atoms with Crippen LogP contribution in [0.1, 0.15) is 46.0 Å². The lowest BCUT2D eigenvalue weighted by atomic mass is 9.88. The van der Waals surface area contributed by atoms with E-state index in [1.165, 1.54) is 32.1 Å². The Labute approximate surface area is 103 Å². The molecule has 1 fully saturated rings. The maximum atomic E-state index is 11.7. The van der Waals surface area contributed by atoms with Gasteiger partial charge in [0.2, 0.25) is 5.91 Å². The SMILES string of the molecule is CSC1(CNC(=O)C(C)(C)N)CCCCC1. The number of thioether (sulfide) groups is 1. The Morgan fingerprint density at radius 2 is 1.94 bits per heavy atom. The Morgan fingerprint density at radius 1 is 1.38 bits per heavy atom. The van der Waals surface area contributed by atoms with E-state index in [1.54, 1.807) is 13.8 Å². The van der Waals surface area contributed by atoms with Crippen LogP contribution in [0.4, 0.5) is 0 Å². The average Bonchev–Trinajstić information content (AvgIpc) is 2.26. The van der Waals surface area contributed by atoms with Crippen molar-refractivity contribution in [1.29, 1.82) is 0 Å². The van der Waals surface area contributed by atoms with Crippen LogP contribution in [0.3, 0.4) is 0 Å². The Hall–Kier alpha value is -0.220. The topological polar surface area (TPSA) is 55.1 Å². The lowest BCUT2D eigenvalue weighted by molar-refractivity contribution is -0.125. The van der Waals surface area contributed by atoms with Crippen molar-refractivity contribution in [3.8, 4) is 0 Å². The molecule has 0 aromatic carbocycles. The van der Waals surface area contributed by atoms with Gasteiger partial charge in [0.05, 0.1) is 5.54 Å². The van der Waals surface area contributed by atoms with Crippen molar-refractivity contribution in [3.05, 3.63) is 0 Å². The molecule has 0 aromatic heterocycles. The van der Waals surface area contributed by atoms with Gasteiger partial charge in [-0.25, -0.2) is 0 Å². The van der Waals surface area contributed by atoms with Gasteiger partial charge < -0.3 is 11.1 Å². The summed E-state index contributed by atoms with van der Waals surface area (Å²) >= 11 is 1.89. The van der Waals surface area contributed by atoms with Gasteiger partial charge in [0.15, 0.2) is 0 Å². The molecule has 0 saturated heterocycles. The highest BCUT2D eigenvalue weighted by molar-refractivity contribution is 8.00. The third-order valence-electron chi connectivity index (χ3n) is 3.35. The zero-order chi connectivity index (χ0) is 12.2. The van der Waals surface area contributed by atoms with E-state index in [2.05, 4.69) is 11.6 Å². The van der Waals surface area contributed by atoms with Crippen molar-refractivity contribution in [2.45, 2.75) is 56.2 Å². The Kier molecular flexibility index (Phi) is 4.68. The largest absolute Gasteiger partial charge is 0.353 e. The Morgan fingerprint density at radius 3 is 2.38 bits per heavy atom. The molecule has 0 bridgehead atoms. The van der Waals surface area contributed by atoms with Crippen LogP contribution in [0.25, 0.3) is 0 Å². The molecule has 4 heteroatoms. The van der Waals surface area contributed by atoms with Crippen LogP contribution in [0.2, 0.25) is 0 Å². The first-order valence-corrected chi connectivity index (χ1v) is 7.24. The lowest BCUT2D eigenvalue weighted by Gasteiger charge is -2.36. The molecule has 1 aliphatic rings. The highest BCUT2D eigenvalue weighted by Gasteiger charge is 2.32. The van der Waals surface area contributed by atoms with Crippen LogP contribution >= 0.6 is 11.8 Å². The number of nitrogens with two attached hydrogens (primary N) is 1. The van der Waals surface area contributed by atoms with Gasteiger partial charge in [-0.15, -0.1) is 0 Å². The van der Waals surface area contributed by atoms with E-state index in [9.17, 15) is 4.79 Å².